The van der Waals surface area contributed by atoms with Crippen molar-refractivity contribution in [3.05, 3.63) is 42.0 Å². The molecule has 8 N–H and O–H groups in total. The van der Waals surface area contributed by atoms with E-state index in [0.717, 1.165) is 34.8 Å². The van der Waals surface area contributed by atoms with Crippen LogP contribution in [0.2, 0.25) is 0 Å². The first-order valence-electron chi connectivity index (χ1n) is 23.1. The minimum atomic E-state index is -5.95. The lowest BCUT2D eigenvalue weighted by molar-refractivity contribution is -0.347. The maximum atomic E-state index is 13.1. The van der Waals surface area contributed by atoms with Crippen LogP contribution in [0.5, 0.6) is 5.75 Å². The number of phosphoric acid groups is 3. The number of benzene rings is 1. The van der Waals surface area contributed by atoms with Gasteiger partial charge in [-0.1, -0.05) is 58.7 Å². The van der Waals surface area contributed by atoms with Crippen LogP contribution in [0, 0.1) is 16.2 Å². The number of hydrogen-bond donors (Lipinski definition) is 7. The minimum Gasteiger partial charge on any atom is -0.790 e. The Bertz CT molecular complexity index is 2560. The fraction of sp³-hybridized carbons (Fsp3) is 0.651. The van der Waals surface area contributed by atoms with Crippen LogP contribution in [0.25, 0.3) is 11.2 Å². The first kappa shape index (κ1) is 61.2. The third-order valence-corrected chi connectivity index (χ3v) is 15.3. The molecule has 0 saturated carbocycles. The molecule has 0 spiro atoms. The van der Waals surface area contributed by atoms with E-state index in [0.29, 0.717) is 44.9 Å². The minimum absolute atomic E-state index is 0.0183. The summed E-state index contributed by atoms with van der Waals surface area (Å²) in [6.45, 7) is 6.80. The Morgan fingerprint density at radius 1 is 0.863 bits per heavy atom. The largest absolute Gasteiger partial charge is 0.790 e. The van der Waals surface area contributed by atoms with Crippen LogP contribution >= 0.6 is 23.5 Å². The van der Waals surface area contributed by atoms with E-state index in [9.17, 15) is 72.9 Å². The van der Waals surface area contributed by atoms with Crippen molar-refractivity contribution in [3.8, 4) is 5.75 Å². The van der Waals surface area contributed by atoms with Gasteiger partial charge in [-0.3, -0.25) is 32.9 Å². The lowest BCUT2D eigenvalue weighted by Crippen LogP contribution is -2.46. The first-order chi connectivity index (χ1) is 33.8. The summed E-state index contributed by atoms with van der Waals surface area (Å²) in [7, 11) is -17.7. The third-order valence-electron chi connectivity index (χ3n) is 12.3. The predicted octanol–water partition coefficient (Wildman–Crippen LogP) is 0.805. The Labute approximate surface area is 421 Å². The van der Waals surface area contributed by atoms with Crippen molar-refractivity contribution in [3.63, 3.8) is 0 Å². The number of ether oxygens (including phenoxy) is 1. The van der Waals surface area contributed by atoms with Gasteiger partial charge in [-0.15, -0.1) is 0 Å². The smallest absolute Gasteiger partial charge is 0.309 e. The summed E-state index contributed by atoms with van der Waals surface area (Å²) in [5, 5.41) is 46.6. The van der Waals surface area contributed by atoms with Crippen molar-refractivity contribution in [2.75, 3.05) is 32.0 Å². The number of rotatable bonds is 31. The fourth-order valence-electron chi connectivity index (χ4n) is 7.63. The SMILES string of the molecule is CC(C)(CCCCc1cccc(CCCCC(C)(C)C(=O)CCNC(=O)CCNC(=O)C(O)C(C)(C)COP(=O)([O-])OP(=O)([O-])OCC2OC(n3cnc4c(N)ncnc43)C(O)C2OP(=O)([O-])[O-])c1O)C(=O)O. The van der Waals surface area contributed by atoms with Gasteiger partial charge >= 0.3 is 5.97 Å². The molecule has 27 nitrogen and oxygen atoms in total. The van der Waals surface area contributed by atoms with Crippen molar-refractivity contribution in [2.24, 2.45) is 16.2 Å². The van der Waals surface area contributed by atoms with Gasteiger partial charge in [0.15, 0.2) is 17.7 Å². The number of amides is 2. The number of aromatic nitrogens is 4. The molecule has 1 aliphatic rings. The number of unbranched alkanes of at least 4 members (excludes halogenated alkanes) is 2. The number of ketones is 1. The van der Waals surface area contributed by atoms with E-state index in [1.165, 1.54) is 13.8 Å². The third kappa shape index (κ3) is 18.2. The number of aromatic hydroxyl groups is 1. The van der Waals surface area contributed by atoms with Crippen molar-refractivity contribution >= 4 is 64.0 Å². The van der Waals surface area contributed by atoms with Gasteiger partial charge in [-0.05, 0) is 63.5 Å². The molecular formula is C43H64N7O20P3-4. The zero-order valence-electron chi connectivity index (χ0n) is 41.2. The van der Waals surface area contributed by atoms with Crippen molar-refractivity contribution in [1.29, 1.82) is 0 Å². The zero-order valence-corrected chi connectivity index (χ0v) is 43.9. The number of para-hydroxylation sites is 1. The quantitative estimate of drug-likeness (QED) is 0.0346. The molecule has 7 unspecified atom stereocenters. The van der Waals surface area contributed by atoms with Gasteiger partial charge in [0.2, 0.25) is 11.8 Å². The molecular weight excluding hydrogens is 1030 g/mol. The molecule has 410 valence electrons. The van der Waals surface area contributed by atoms with Gasteiger partial charge in [-0.2, -0.15) is 0 Å². The molecule has 4 rings (SSSR count). The van der Waals surface area contributed by atoms with E-state index in [4.69, 9.17) is 10.5 Å². The number of carboxylic acids is 1. The molecule has 1 aliphatic heterocycles. The van der Waals surface area contributed by atoms with E-state index < -0.39 is 101 Å². The zero-order chi connectivity index (χ0) is 54.7. The topological polar surface area (TPSA) is 432 Å². The molecule has 0 aliphatic carbocycles. The molecule has 1 saturated heterocycles. The van der Waals surface area contributed by atoms with Gasteiger partial charge in [0.25, 0.3) is 15.6 Å². The number of aliphatic carboxylic acids is 1. The van der Waals surface area contributed by atoms with Crippen molar-refractivity contribution < 1.29 is 95.5 Å². The first-order valence-corrected chi connectivity index (χ1v) is 27.5. The summed E-state index contributed by atoms with van der Waals surface area (Å²) in [5.74, 6) is -2.36. The van der Waals surface area contributed by atoms with Crippen LogP contribution in [-0.4, -0.2) is 114 Å². The molecule has 1 fully saturated rings. The fourth-order valence-corrected chi connectivity index (χ4v) is 10.4. The molecule has 2 aromatic heterocycles. The highest BCUT2D eigenvalue weighted by atomic mass is 31.3. The Kier molecular flexibility index (Phi) is 21.4. The summed E-state index contributed by atoms with van der Waals surface area (Å²) in [6, 6.07) is 5.59. The maximum Gasteiger partial charge on any atom is 0.309 e. The molecule has 3 aromatic rings. The highest BCUT2D eigenvalue weighted by Crippen LogP contribution is 2.56. The molecule has 7 atom stereocenters. The highest BCUT2D eigenvalue weighted by molar-refractivity contribution is 7.59. The second-order valence-electron chi connectivity index (χ2n) is 19.6. The van der Waals surface area contributed by atoms with Crippen LogP contribution in [0.4, 0.5) is 5.82 Å². The number of nitrogens with two attached hydrogens (primary N) is 1. The number of Topliss-reactive ketones (excluding diaryl/α,β-unsaturated/α-hetero) is 1. The summed E-state index contributed by atoms with van der Waals surface area (Å²) < 4.78 is 61.0. The predicted molar refractivity (Wildman–Crippen MR) is 249 cm³/mol. The van der Waals surface area contributed by atoms with E-state index in [1.54, 1.807) is 13.8 Å². The number of carbonyl (C=O) groups excluding carboxylic acids is 3. The van der Waals surface area contributed by atoms with E-state index in [-0.39, 0.29) is 54.4 Å². The van der Waals surface area contributed by atoms with Crippen LogP contribution in [0.3, 0.4) is 0 Å². The van der Waals surface area contributed by atoms with Gasteiger partial charge in [-0.25, -0.2) is 19.3 Å². The van der Waals surface area contributed by atoms with Gasteiger partial charge in [0, 0.05) is 36.8 Å². The molecule has 0 bridgehead atoms. The number of hydrogen-bond acceptors (Lipinski definition) is 23. The monoisotopic (exact) mass is 1090 g/mol. The van der Waals surface area contributed by atoms with Crippen LogP contribution in [-0.2, 0) is 68.3 Å². The normalized spacial score (nSPS) is 19.8. The standard InChI is InChI=1S/C43H68N7O20P3/c1-41(2,18-9-7-12-26-14-11-15-27(32(26)53)13-8-10-19-42(3,4)40(57)58)29(51)16-20-45-30(52)17-21-46-38(56)35(55)43(5,6)23-67-73(64,65)70-72(62,63)66-22-28-34(69-71(59,60)61)33(54)39(68-28)50-25-49-31-36(44)47-24-48-37(31)50/h11,14-15,24-25,28,33-35,39,53-55H,7-10,12-13,16-23H2,1-6H3,(H,45,52)(H,46,56)(H,57,58)(H,62,63)(H,64,65)(H2,44,47,48)(H2,59,60,61)/p-4. The van der Waals surface area contributed by atoms with E-state index in [1.807, 2.05) is 32.0 Å². The number of anilines is 1. The van der Waals surface area contributed by atoms with Crippen LogP contribution in [0.1, 0.15) is 110 Å². The second kappa shape index (κ2) is 25.5. The molecule has 30 heteroatoms. The number of phenols is 1. The highest BCUT2D eigenvalue weighted by Gasteiger charge is 2.47. The van der Waals surface area contributed by atoms with Crippen molar-refractivity contribution in [2.45, 2.75) is 136 Å². The maximum absolute atomic E-state index is 13.1. The lowest BCUT2D eigenvalue weighted by Gasteiger charge is -2.36. The average molecular weight is 1090 g/mol. The van der Waals surface area contributed by atoms with Gasteiger partial charge < -0.3 is 79.2 Å². The number of aryl methyl sites for hydroxylation is 2. The summed E-state index contributed by atoms with van der Waals surface area (Å²) in [5.41, 5.74) is 4.12. The number of nitrogens with zero attached hydrogens (tertiary/aromatic N) is 4. The number of fused-ring (bicyclic) bond motifs is 1. The number of aliphatic hydroxyl groups excluding tert-OH is 2. The number of phosphoric ester groups is 3. The number of carboxylic acid groups (broad SMARTS) is 1. The van der Waals surface area contributed by atoms with Crippen LogP contribution in [0.15, 0.2) is 30.9 Å². The number of nitrogens with one attached hydrogen (secondary N) is 2. The van der Waals surface area contributed by atoms with E-state index >= 15 is 0 Å². The Morgan fingerprint density at radius 2 is 1.45 bits per heavy atom. The second-order valence-corrected chi connectivity index (χ2v) is 23.6. The summed E-state index contributed by atoms with van der Waals surface area (Å²) in [6.07, 6.45) is -2.57. The number of imidazole rings is 1. The Hall–Kier alpha value is -4.30. The summed E-state index contributed by atoms with van der Waals surface area (Å²) in [4.78, 5) is 110. The van der Waals surface area contributed by atoms with Gasteiger partial charge in [0.05, 0.1) is 32.8 Å². The molecule has 1 aromatic carbocycles. The average Bonchev–Trinajstić information content (AvgIpc) is 3.85. The lowest BCUT2D eigenvalue weighted by atomic mass is 9.81. The Morgan fingerprint density at radius 3 is 2.05 bits per heavy atom. The number of nitrogen functional groups attached to an aromatic ring is 1. The van der Waals surface area contributed by atoms with Crippen LogP contribution < -0.4 is 35.9 Å². The number of phenolic OH excluding ortho intramolecular Hbond substituents is 1. The number of aliphatic hydroxyl groups is 2. The number of carbonyl (C=O) groups is 4. The molecule has 3 heterocycles. The molecule has 73 heavy (non-hydrogen) atoms. The van der Waals surface area contributed by atoms with Crippen molar-refractivity contribution in [1.82, 2.24) is 30.2 Å². The van der Waals surface area contributed by atoms with Gasteiger partial charge in [0.1, 0.15) is 47.8 Å². The molecule has 0 radical (unpaired) electrons. The summed E-state index contributed by atoms with van der Waals surface area (Å²) >= 11 is 0. The van der Waals surface area contributed by atoms with E-state index in [2.05, 4.69) is 43.5 Å². The Balaban J connectivity index is 1.15. The molecule has 2 amide bonds.